The highest BCUT2D eigenvalue weighted by Gasteiger charge is 2.30. The molecule has 0 unspecified atom stereocenters. The molecule has 88 valence electrons. The zero-order valence-corrected chi connectivity index (χ0v) is 10.8. The highest BCUT2D eigenvalue weighted by Crippen LogP contribution is 2.27. The third kappa shape index (κ3) is 5.16. The summed E-state index contributed by atoms with van der Waals surface area (Å²) in [7, 11) is 1.60. The Morgan fingerprint density at radius 2 is 2.07 bits per heavy atom. The Labute approximate surface area is 95.8 Å². The summed E-state index contributed by atoms with van der Waals surface area (Å²) in [6.45, 7) is 5.82. The number of rotatable bonds is 7. The van der Waals surface area contributed by atoms with Gasteiger partial charge < -0.3 is 4.90 Å². The van der Waals surface area contributed by atoms with Gasteiger partial charge in [0.1, 0.15) is 0 Å². The normalized spacial score (nSPS) is 11.2. The van der Waals surface area contributed by atoms with Crippen LogP contribution in [0.5, 0.6) is 0 Å². The smallest absolute Gasteiger partial charge is 0.239 e. The number of nitroso groups, excluding NO2 is 1. The molecule has 0 aliphatic heterocycles. The summed E-state index contributed by atoms with van der Waals surface area (Å²) in [5.74, 6) is 0.931. The van der Waals surface area contributed by atoms with E-state index < -0.39 is 4.75 Å². The number of thioether (sulfide) groups is 1. The van der Waals surface area contributed by atoms with Gasteiger partial charge in [-0.15, -0.1) is 16.7 Å². The van der Waals surface area contributed by atoms with Crippen LogP contribution in [0.3, 0.4) is 0 Å². The van der Waals surface area contributed by atoms with E-state index >= 15 is 0 Å². The molecule has 0 aromatic rings. The number of hydrogen-bond donors (Lipinski definition) is 0. The minimum absolute atomic E-state index is 0.0387. The maximum atomic E-state index is 11.9. The molecule has 5 heteroatoms. The second-order valence-electron chi connectivity index (χ2n) is 3.99. The fourth-order valence-corrected chi connectivity index (χ4v) is 2.37. The lowest BCUT2D eigenvalue weighted by atomic mass is 10.2. The lowest BCUT2D eigenvalue weighted by Crippen LogP contribution is -2.41. The van der Waals surface area contributed by atoms with E-state index in [9.17, 15) is 9.70 Å². The fraction of sp³-hybridized carbons (Fsp3) is 0.900. The monoisotopic (exact) mass is 232 g/mol. The van der Waals surface area contributed by atoms with Gasteiger partial charge in [-0.05, 0) is 31.2 Å². The summed E-state index contributed by atoms with van der Waals surface area (Å²) in [4.78, 5) is 23.3. The van der Waals surface area contributed by atoms with E-state index in [-0.39, 0.29) is 12.6 Å². The summed E-state index contributed by atoms with van der Waals surface area (Å²) in [6.07, 6.45) is 2.24. The van der Waals surface area contributed by atoms with Crippen molar-refractivity contribution in [3.63, 3.8) is 0 Å². The molecule has 0 radical (unpaired) electrons. The minimum atomic E-state index is -0.464. The summed E-state index contributed by atoms with van der Waals surface area (Å²) >= 11 is 1.63. The number of amides is 1. The second-order valence-corrected chi connectivity index (χ2v) is 5.70. The average molecular weight is 232 g/mol. The zero-order valence-electron chi connectivity index (χ0n) is 9.95. The van der Waals surface area contributed by atoms with E-state index in [4.69, 9.17) is 0 Å². The molecule has 0 atom stereocenters. The predicted octanol–water partition coefficient (Wildman–Crippen LogP) is 2.48. The Kier molecular flexibility index (Phi) is 6.56. The molecular weight excluding hydrogens is 212 g/mol. The van der Waals surface area contributed by atoms with Crippen molar-refractivity contribution < 1.29 is 4.79 Å². The molecule has 0 spiro atoms. The summed E-state index contributed by atoms with van der Waals surface area (Å²) in [5, 5.41) is 2.71. The topological polar surface area (TPSA) is 49.7 Å². The Balaban J connectivity index is 4.17. The van der Waals surface area contributed by atoms with Gasteiger partial charge in [0.05, 0.1) is 4.75 Å². The molecule has 1 amide bonds. The van der Waals surface area contributed by atoms with Crippen LogP contribution in [0.4, 0.5) is 0 Å². The van der Waals surface area contributed by atoms with E-state index in [1.165, 1.54) is 4.90 Å². The van der Waals surface area contributed by atoms with E-state index in [1.807, 2.05) is 13.8 Å². The Morgan fingerprint density at radius 3 is 2.53 bits per heavy atom. The van der Waals surface area contributed by atoms with Gasteiger partial charge in [-0.1, -0.05) is 13.3 Å². The molecule has 0 fully saturated rings. The van der Waals surface area contributed by atoms with Gasteiger partial charge in [0.2, 0.25) is 5.91 Å². The van der Waals surface area contributed by atoms with Gasteiger partial charge in [0.25, 0.3) is 0 Å². The van der Waals surface area contributed by atoms with Crippen LogP contribution in [0.25, 0.3) is 0 Å². The lowest BCUT2D eigenvalue weighted by Gasteiger charge is -2.27. The van der Waals surface area contributed by atoms with E-state index in [0.717, 1.165) is 18.6 Å². The lowest BCUT2D eigenvalue weighted by molar-refractivity contribution is -0.131. The zero-order chi connectivity index (χ0) is 11.9. The number of unbranched alkanes of at least 4 members (excludes halogenated alkanes) is 1. The molecule has 4 nitrogen and oxygen atoms in total. The first kappa shape index (κ1) is 14.4. The van der Waals surface area contributed by atoms with Crippen LogP contribution in [-0.2, 0) is 4.79 Å². The Morgan fingerprint density at radius 1 is 1.47 bits per heavy atom. The standard InChI is InChI=1S/C10H20N2O2S/c1-5-6-7-15-10(2,3)9(13)12(4)8-11-14/h5-8H2,1-4H3. The molecule has 0 aromatic carbocycles. The number of hydrogen-bond acceptors (Lipinski definition) is 4. The summed E-state index contributed by atoms with van der Waals surface area (Å²) in [6, 6.07) is 0. The number of nitrogens with zero attached hydrogens (tertiary/aromatic N) is 2. The molecule has 0 saturated heterocycles. The maximum Gasteiger partial charge on any atom is 0.239 e. The SMILES string of the molecule is CCCCSC(C)(C)C(=O)N(C)CN=O. The minimum Gasteiger partial charge on any atom is -0.322 e. The molecule has 0 aromatic heterocycles. The van der Waals surface area contributed by atoms with Gasteiger partial charge >= 0.3 is 0 Å². The van der Waals surface area contributed by atoms with Crippen LogP contribution < -0.4 is 0 Å². The van der Waals surface area contributed by atoms with Gasteiger partial charge in [-0.3, -0.25) is 4.79 Å². The molecule has 15 heavy (non-hydrogen) atoms. The summed E-state index contributed by atoms with van der Waals surface area (Å²) in [5.41, 5.74) is 0. The van der Waals surface area contributed by atoms with Gasteiger partial charge in [0, 0.05) is 7.05 Å². The third-order valence-electron chi connectivity index (χ3n) is 2.09. The van der Waals surface area contributed by atoms with Crippen molar-refractivity contribution in [2.45, 2.75) is 38.4 Å². The molecule has 0 N–H and O–H groups in total. The average Bonchev–Trinajstić information content (AvgIpc) is 2.17. The first-order valence-electron chi connectivity index (χ1n) is 5.14. The van der Waals surface area contributed by atoms with Crippen molar-refractivity contribution in [2.24, 2.45) is 5.18 Å². The van der Waals surface area contributed by atoms with Gasteiger partial charge in [-0.25, -0.2) is 0 Å². The Hall–Kier alpha value is -0.580. The van der Waals surface area contributed by atoms with Crippen molar-refractivity contribution >= 4 is 17.7 Å². The molecule has 0 aliphatic carbocycles. The quantitative estimate of drug-likeness (QED) is 0.500. The molecule has 0 heterocycles. The Bertz CT molecular complexity index is 219. The van der Waals surface area contributed by atoms with Crippen molar-refractivity contribution in [3.8, 4) is 0 Å². The third-order valence-corrected chi connectivity index (χ3v) is 3.48. The highest BCUT2D eigenvalue weighted by atomic mass is 32.2. The van der Waals surface area contributed by atoms with E-state index in [1.54, 1.807) is 18.8 Å². The first-order valence-corrected chi connectivity index (χ1v) is 6.13. The van der Waals surface area contributed by atoms with Crippen LogP contribution in [-0.4, -0.2) is 35.0 Å². The van der Waals surface area contributed by atoms with Gasteiger partial charge in [-0.2, -0.15) is 0 Å². The number of carbonyl (C=O) groups excluding carboxylic acids is 1. The van der Waals surface area contributed by atoms with E-state index in [2.05, 4.69) is 12.1 Å². The van der Waals surface area contributed by atoms with Crippen molar-refractivity contribution in [3.05, 3.63) is 4.91 Å². The van der Waals surface area contributed by atoms with Crippen molar-refractivity contribution in [2.75, 3.05) is 19.5 Å². The van der Waals surface area contributed by atoms with Crippen LogP contribution >= 0.6 is 11.8 Å². The van der Waals surface area contributed by atoms with Crippen LogP contribution in [0.15, 0.2) is 5.18 Å². The molecular formula is C10H20N2O2S. The summed E-state index contributed by atoms with van der Waals surface area (Å²) < 4.78 is -0.464. The fourth-order valence-electron chi connectivity index (χ4n) is 1.14. The largest absolute Gasteiger partial charge is 0.322 e. The molecule has 0 rings (SSSR count). The molecule has 0 saturated carbocycles. The van der Waals surface area contributed by atoms with Gasteiger partial charge in [0.15, 0.2) is 6.67 Å². The second kappa shape index (κ2) is 6.82. The molecule has 0 bridgehead atoms. The maximum absolute atomic E-state index is 11.9. The van der Waals surface area contributed by atoms with Crippen molar-refractivity contribution in [1.82, 2.24) is 4.90 Å². The van der Waals surface area contributed by atoms with Crippen LogP contribution in [0.2, 0.25) is 0 Å². The van der Waals surface area contributed by atoms with Crippen LogP contribution in [0, 0.1) is 4.91 Å². The first-order chi connectivity index (χ1) is 6.95. The number of carbonyl (C=O) groups is 1. The highest BCUT2D eigenvalue weighted by molar-refractivity contribution is 8.01. The van der Waals surface area contributed by atoms with Crippen LogP contribution in [0.1, 0.15) is 33.6 Å². The van der Waals surface area contributed by atoms with E-state index in [0.29, 0.717) is 0 Å². The van der Waals surface area contributed by atoms with Crippen molar-refractivity contribution in [1.29, 1.82) is 0 Å². The molecule has 0 aliphatic rings. The predicted molar refractivity (Wildman–Crippen MR) is 64.9 cm³/mol.